The second-order valence-electron chi connectivity index (χ2n) is 3.35. The molecular weight excluding hydrogens is 130 g/mol. The number of rotatable bonds is 0. The van der Waals surface area contributed by atoms with Gasteiger partial charge in [-0.25, -0.2) is 0 Å². The lowest BCUT2D eigenvalue weighted by molar-refractivity contribution is -0.0124. The van der Waals surface area contributed by atoms with Crippen LogP contribution in [0.3, 0.4) is 0 Å². The van der Waals surface area contributed by atoms with Gasteiger partial charge < -0.3 is 9.47 Å². The molecule has 0 N–H and O–H groups in total. The molecule has 0 spiro atoms. The van der Waals surface area contributed by atoms with Crippen molar-refractivity contribution in [1.29, 1.82) is 0 Å². The van der Waals surface area contributed by atoms with Gasteiger partial charge in [0.15, 0.2) is 0 Å². The van der Waals surface area contributed by atoms with Crippen molar-refractivity contribution in [1.82, 2.24) is 4.90 Å². The Labute approximate surface area is 59.9 Å². The lowest BCUT2D eigenvalue weighted by atomic mass is 10.0. The predicted molar refractivity (Wildman–Crippen MR) is 34.3 cm³/mol. The molecule has 3 aliphatic heterocycles. The van der Waals surface area contributed by atoms with Crippen molar-refractivity contribution in [3.05, 3.63) is 0 Å². The molecular formula is C7H11NO2. The van der Waals surface area contributed by atoms with E-state index in [0.717, 1.165) is 5.92 Å². The molecule has 3 heterocycles. The van der Waals surface area contributed by atoms with Crippen molar-refractivity contribution in [2.24, 2.45) is 5.92 Å². The summed E-state index contributed by atoms with van der Waals surface area (Å²) in [6, 6.07) is 0. The van der Waals surface area contributed by atoms with E-state index in [1.54, 1.807) is 0 Å². The highest BCUT2D eigenvalue weighted by molar-refractivity contribution is 4.96. The first-order valence-corrected chi connectivity index (χ1v) is 3.92. The van der Waals surface area contributed by atoms with Crippen LogP contribution in [0, 0.1) is 5.92 Å². The minimum absolute atomic E-state index is 0.318. The third-order valence-corrected chi connectivity index (χ3v) is 2.86. The zero-order valence-electron chi connectivity index (χ0n) is 5.82. The largest absolute Gasteiger partial charge is 0.348 e. The predicted octanol–water partition coefficient (Wildman–Crippen LogP) is 0.0209. The highest BCUT2D eigenvalue weighted by Gasteiger charge is 2.50. The lowest BCUT2D eigenvalue weighted by Crippen LogP contribution is -2.36. The zero-order valence-corrected chi connectivity index (χ0v) is 5.82. The van der Waals surface area contributed by atoms with E-state index >= 15 is 0 Å². The van der Waals surface area contributed by atoms with Gasteiger partial charge >= 0.3 is 0 Å². The molecule has 3 fully saturated rings. The quantitative estimate of drug-likeness (QED) is 0.474. The van der Waals surface area contributed by atoms with Gasteiger partial charge in [-0.1, -0.05) is 0 Å². The Kier molecular flexibility index (Phi) is 0.952. The molecule has 0 aliphatic carbocycles. The molecule has 3 aliphatic rings. The number of hydrogen-bond donors (Lipinski definition) is 0. The Bertz CT molecular complexity index is 146. The molecule has 3 saturated heterocycles. The van der Waals surface area contributed by atoms with Gasteiger partial charge in [0.2, 0.25) is 0 Å². The highest BCUT2D eigenvalue weighted by atomic mass is 16.7. The smallest absolute Gasteiger partial charge is 0.149 e. The molecule has 3 rings (SSSR count). The Morgan fingerprint density at radius 1 is 1.30 bits per heavy atom. The molecule has 0 saturated carbocycles. The minimum Gasteiger partial charge on any atom is -0.348 e. The molecule has 2 bridgehead atoms. The number of hydrogen-bond acceptors (Lipinski definition) is 3. The number of nitrogens with zero attached hydrogens (tertiary/aromatic N) is 1. The zero-order chi connectivity index (χ0) is 6.55. The molecule has 0 aromatic heterocycles. The normalized spacial score (nSPS) is 57.6. The second kappa shape index (κ2) is 1.72. The van der Waals surface area contributed by atoms with Crippen LogP contribution in [0.2, 0.25) is 0 Å². The average Bonchev–Trinajstić information content (AvgIpc) is 2.60. The van der Waals surface area contributed by atoms with E-state index in [2.05, 4.69) is 4.90 Å². The molecule has 4 atom stereocenters. The first kappa shape index (κ1) is 5.52. The van der Waals surface area contributed by atoms with Crippen LogP contribution in [0.4, 0.5) is 0 Å². The Morgan fingerprint density at radius 2 is 2.30 bits per heavy atom. The van der Waals surface area contributed by atoms with Crippen LogP contribution in [-0.4, -0.2) is 37.1 Å². The average molecular weight is 141 g/mol. The van der Waals surface area contributed by atoms with Crippen LogP contribution >= 0.6 is 0 Å². The van der Waals surface area contributed by atoms with E-state index in [0.29, 0.717) is 19.1 Å². The van der Waals surface area contributed by atoms with Crippen molar-refractivity contribution in [2.45, 2.75) is 18.8 Å². The molecule has 0 radical (unpaired) electrons. The maximum atomic E-state index is 5.45. The van der Waals surface area contributed by atoms with Gasteiger partial charge in [-0.15, -0.1) is 0 Å². The fourth-order valence-electron chi connectivity index (χ4n) is 2.36. The van der Waals surface area contributed by atoms with Crippen LogP contribution in [0.5, 0.6) is 0 Å². The van der Waals surface area contributed by atoms with Crippen molar-refractivity contribution in [3.8, 4) is 0 Å². The highest BCUT2D eigenvalue weighted by Crippen LogP contribution is 2.38. The molecule has 10 heavy (non-hydrogen) atoms. The summed E-state index contributed by atoms with van der Waals surface area (Å²) >= 11 is 0. The molecule has 4 unspecified atom stereocenters. The Morgan fingerprint density at radius 3 is 3.20 bits per heavy atom. The molecule has 3 nitrogen and oxygen atoms in total. The summed E-state index contributed by atoms with van der Waals surface area (Å²) in [5.74, 6) is 0.771. The maximum absolute atomic E-state index is 5.45. The van der Waals surface area contributed by atoms with Crippen LogP contribution in [0.1, 0.15) is 6.42 Å². The van der Waals surface area contributed by atoms with Gasteiger partial charge in [-0.2, -0.15) is 0 Å². The standard InChI is InChI=1S/C7H11NO2/c1-2-8-3-5(1)6-7(8)10-4-9-6/h5-7H,1-4H2. The molecule has 0 aromatic rings. The first-order chi connectivity index (χ1) is 4.95. The van der Waals surface area contributed by atoms with Crippen molar-refractivity contribution in [3.63, 3.8) is 0 Å². The summed E-state index contributed by atoms with van der Waals surface area (Å²) in [6.45, 7) is 2.94. The topological polar surface area (TPSA) is 21.7 Å². The SMILES string of the molecule is C1OC2C3CCN(C3)C2O1. The summed E-state index contributed by atoms with van der Waals surface area (Å²) in [5, 5.41) is 0. The monoisotopic (exact) mass is 141 g/mol. The third kappa shape index (κ3) is 0.516. The van der Waals surface area contributed by atoms with Crippen LogP contribution in [0.25, 0.3) is 0 Å². The number of fused-ring (bicyclic) bond motifs is 5. The van der Waals surface area contributed by atoms with E-state index in [1.165, 1.54) is 19.5 Å². The van der Waals surface area contributed by atoms with Gasteiger partial charge in [0.05, 0.1) is 0 Å². The van der Waals surface area contributed by atoms with Gasteiger partial charge in [-0.3, -0.25) is 4.90 Å². The summed E-state index contributed by atoms with van der Waals surface area (Å²) in [6.07, 6.45) is 2.04. The Balaban J connectivity index is 1.92. The van der Waals surface area contributed by atoms with Crippen molar-refractivity contribution >= 4 is 0 Å². The molecule has 0 amide bonds. The minimum atomic E-state index is 0.318. The van der Waals surface area contributed by atoms with Crippen molar-refractivity contribution in [2.75, 3.05) is 19.9 Å². The van der Waals surface area contributed by atoms with E-state index < -0.39 is 0 Å². The second-order valence-corrected chi connectivity index (χ2v) is 3.35. The van der Waals surface area contributed by atoms with Gasteiger partial charge in [0.1, 0.15) is 19.1 Å². The first-order valence-electron chi connectivity index (χ1n) is 3.92. The summed E-state index contributed by atoms with van der Waals surface area (Å²) < 4.78 is 10.9. The number of ether oxygens (including phenoxy) is 2. The van der Waals surface area contributed by atoms with Gasteiger partial charge in [0, 0.05) is 19.0 Å². The summed E-state index contributed by atoms with van der Waals surface area (Å²) in [7, 11) is 0. The summed E-state index contributed by atoms with van der Waals surface area (Å²) in [5.41, 5.74) is 0. The molecule has 56 valence electrons. The summed E-state index contributed by atoms with van der Waals surface area (Å²) in [4.78, 5) is 2.39. The Hall–Kier alpha value is -0.120. The lowest BCUT2D eigenvalue weighted by Gasteiger charge is -2.22. The number of piperidine rings is 1. The molecule has 3 heteroatoms. The van der Waals surface area contributed by atoms with Crippen LogP contribution < -0.4 is 0 Å². The fourth-order valence-corrected chi connectivity index (χ4v) is 2.36. The van der Waals surface area contributed by atoms with E-state index in [9.17, 15) is 0 Å². The van der Waals surface area contributed by atoms with E-state index in [1.807, 2.05) is 0 Å². The van der Waals surface area contributed by atoms with E-state index in [-0.39, 0.29) is 0 Å². The third-order valence-electron chi connectivity index (χ3n) is 2.86. The molecule has 0 aromatic carbocycles. The fraction of sp³-hybridized carbons (Fsp3) is 1.00. The van der Waals surface area contributed by atoms with Gasteiger partial charge in [0.25, 0.3) is 0 Å². The van der Waals surface area contributed by atoms with Crippen LogP contribution in [0.15, 0.2) is 0 Å². The van der Waals surface area contributed by atoms with Gasteiger partial charge in [-0.05, 0) is 6.42 Å². The van der Waals surface area contributed by atoms with Crippen molar-refractivity contribution < 1.29 is 9.47 Å². The van der Waals surface area contributed by atoms with Crippen LogP contribution in [-0.2, 0) is 9.47 Å². The maximum Gasteiger partial charge on any atom is 0.149 e. The van der Waals surface area contributed by atoms with E-state index in [4.69, 9.17) is 9.47 Å².